The van der Waals surface area contributed by atoms with Crippen LogP contribution in [0.2, 0.25) is 0 Å². The lowest BCUT2D eigenvalue weighted by atomic mass is 9.99. The third-order valence-electron chi connectivity index (χ3n) is 19.9. The molecule has 27 N–H and O–H groups in total. The van der Waals surface area contributed by atoms with Gasteiger partial charge in [-0.05, 0) is 120 Å². The summed E-state index contributed by atoms with van der Waals surface area (Å²) < 4.78 is 0. The molecule has 0 unspecified atom stereocenters. The second kappa shape index (κ2) is 59.4. The highest BCUT2D eigenvalue weighted by molar-refractivity contribution is 6.01. The third-order valence-corrected chi connectivity index (χ3v) is 19.9. The Hall–Kier alpha value is -12.4. The summed E-state index contributed by atoms with van der Waals surface area (Å²) in [7, 11) is 1.40. The second-order valence-electron chi connectivity index (χ2n) is 31.3. The van der Waals surface area contributed by atoms with Crippen molar-refractivity contribution in [1.29, 1.82) is 5.41 Å². The number of carbonyl (C=O) groups excluding carboxylic acids is 15. The van der Waals surface area contributed by atoms with Gasteiger partial charge < -0.3 is 123 Å². The fourth-order valence-electron chi connectivity index (χ4n) is 12.8. The van der Waals surface area contributed by atoms with E-state index < -0.39 is 267 Å². The number of hydrogen-bond acceptors (Lipinski definition) is 22. The Morgan fingerprint density at radius 3 is 1.09 bits per heavy atom. The molecule has 0 aliphatic carbocycles. The first kappa shape index (κ1) is 110. The maximum atomic E-state index is 14.5. The van der Waals surface area contributed by atoms with E-state index >= 15 is 0 Å². The van der Waals surface area contributed by atoms with Crippen molar-refractivity contribution in [2.24, 2.45) is 29.0 Å². The van der Waals surface area contributed by atoms with Gasteiger partial charge in [-0.1, -0.05) is 135 Å². The highest BCUT2D eigenvalue weighted by atomic mass is 16.4. The lowest BCUT2D eigenvalue weighted by molar-refractivity contribution is -0.140. The van der Waals surface area contributed by atoms with E-state index in [4.69, 9.17) is 22.6 Å². The van der Waals surface area contributed by atoms with E-state index in [0.717, 1.165) is 18.1 Å². The molecule has 14 atom stereocenters. The van der Waals surface area contributed by atoms with Gasteiger partial charge in [0.05, 0.1) is 12.5 Å². The van der Waals surface area contributed by atoms with Gasteiger partial charge in [-0.3, -0.25) is 96.5 Å². The minimum Gasteiger partial charge on any atom is -0.481 e. The average Bonchev–Trinajstić information content (AvgIpc) is 0.855. The molecule has 0 aliphatic rings. The summed E-state index contributed by atoms with van der Waals surface area (Å²) in [6.45, 7) is 13.2. The average molecular weight is 1780 g/mol. The number of benzene rings is 2. The van der Waals surface area contributed by atoms with Gasteiger partial charge in [0.1, 0.15) is 78.5 Å². The Morgan fingerprint density at radius 1 is 0.365 bits per heavy atom. The van der Waals surface area contributed by atoms with E-state index in [9.17, 15) is 112 Å². The fourth-order valence-corrected chi connectivity index (χ4v) is 12.8. The molecule has 15 amide bonds. The van der Waals surface area contributed by atoms with Crippen molar-refractivity contribution < 1.29 is 112 Å². The van der Waals surface area contributed by atoms with E-state index in [2.05, 4.69) is 85.1 Å². The predicted molar refractivity (Wildman–Crippen MR) is 459 cm³/mol. The number of amides is 15. The molecular weight excluding hydrogens is 1650 g/mol. The number of unbranched alkanes of at least 4 members (excludes halogenated alkanes) is 3. The van der Waals surface area contributed by atoms with Crippen LogP contribution in [0.15, 0.2) is 60.7 Å². The number of rotatable bonds is 64. The maximum Gasteiger partial charge on any atom is 0.305 e. The van der Waals surface area contributed by atoms with E-state index in [1.54, 1.807) is 88.4 Å². The highest BCUT2D eigenvalue weighted by Crippen LogP contribution is 2.16. The molecule has 126 heavy (non-hydrogen) atoms. The van der Waals surface area contributed by atoms with Gasteiger partial charge in [0.15, 0.2) is 5.96 Å². The lowest BCUT2D eigenvalue weighted by Crippen LogP contribution is -2.61. The SMILES string of the molecule is CCCC[C@H](NC(=O)[C@H](CCC(N)=O)NC(=O)[C@H](CCCCN)NC(=O)[C@@H](CC)NC(=O)[C@H](CCCC)NC(=O)[C@H](CC(=O)O)NCc1ccccc1)C(=O)N[C@@H](CCC(=O)O)C(=O)N[C@@H](CCC(=O)O)C(=O)N[C@@H](CCC(=O)O)C(=O)N[C@@H](C)C(=O)N[C@H](C(=O)N[C@H](CCCNC(=N)N)C(=O)N[C@@H](CC(C)C)C(=O)N[C@@H](Cc1ccccc1)C(=O)NC)C(C)C. The third kappa shape index (κ3) is 43.7. The summed E-state index contributed by atoms with van der Waals surface area (Å²) in [5.41, 5.74) is 18.3. The molecule has 0 fully saturated rings. The van der Waals surface area contributed by atoms with Crippen molar-refractivity contribution in [2.45, 2.75) is 294 Å². The van der Waals surface area contributed by atoms with Gasteiger partial charge in [0.25, 0.3) is 0 Å². The summed E-state index contributed by atoms with van der Waals surface area (Å²) in [6, 6.07) is -3.69. The van der Waals surface area contributed by atoms with Crippen molar-refractivity contribution in [3.8, 4) is 0 Å². The number of carboxylic acids is 4. The van der Waals surface area contributed by atoms with Crippen LogP contribution in [-0.2, 0) is 104 Å². The minimum atomic E-state index is -1.98. The molecule has 43 nitrogen and oxygen atoms in total. The molecule has 2 aromatic rings. The number of carbonyl (C=O) groups is 19. The zero-order chi connectivity index (χ0) is 94.7. The first-order valence-electron chi connectivity index (χ1n) is 42.5. The normalized spacial score (nSPS) is 14.4. The monoisotopic (exact) mass is 1780 g/mol. The first-order chi connectivity index (χ1) is 59.6. The molecule has 0 radical (unpaired) electrons. The van der Waals surface area contributed by atoms with Gasteiger partial charge in [0.2, 0.25) is 88.6 Å². The zero-order valence-corrected chi connectivity index (χ0v) is 73.2. The van der Waals surface area contributed by atoms with Crippen LogP contribution < -0.4 is 102 Å². The molecule has 0 aliphatic heterocycles. The van der Waals surface area contributed by atoms with Crippen LogP contribution in [0.4, 0.5) is 0 Å². The second-order valence-corrected chi connectivity index (χ2v) is 31.3. The number of carboxylic acid groups (broad SMARTS) is 4. The lowest BCUT2D eigenvalue weighted by Gasteiger charge is -2.29. The van der Waals surface area contributed by atoms with Crippen LogP contribution in [0.1, 0.15) is 208 Å². The van der Waals surface area contributed by atoms with Crippen molar-refractivity contribution in [1.82, 2.24) is 85.1 Å². The number of nitrogens with two attached hydrogens (primary N) is 3. The summed E-state index contributed by atoms with van der Waals surface area (Å²) in [5.74, 6) is -21.8. The van der Waals surface area contributed by atoms with Gasteiger partial charge in [-0.25, -0.2) is 0 Å². The maximum absolute atomic E-state index is 14.5. The number of aliphatic carboxylic acids is 4. The quantitative estimate of drug-likeness (QED) is 0.0188. The van der Waals surface area contributed by atoms with E-state index in [-0.39, 0.29) is 89.8 Å². The molecule has 0 saturated carbocycles. The van der Waals surface area contributed by atoms with Crippen LogP contribution in [-0.4, -0.2) is 244 Å². The smallest absolute Gasteiger partial charge is 0.305 e. The minimum absolute atomic E-state index is 0.0526. The zero-order valence-electron chi connectivity index (χ0n) is 73.2. The molecule has 43 heteroatoms. The molecule has 0 bridgehead atoms. The van der Waals surface area contributed by atoms with Crippen molar-refractivity contribution >= 4 is 118 Å². The Balaban J connectivity index is 2.50. The van der Waals surface area contributed by atoms with E-state index in [1.807, 2.05) is 6.92 Å². The van der Waals surface area contributed by atoms with Gasteiger partial charge >= 0.3 is 23.9 Å². The van der Waals surface area contributed by atoms with Crippen molar-refractivity contribution in [3.63, 3.8) is 0 Å². The van der Waals surface area contributed by atoms with Crippen LogP contribution in [0.25, 0.3) is 0 Å². The summed E-state index contributed by atoms with van der Waals surface area (Å²) in [5, 5.41) is 87.4. The standard InChI is InChI=1S/C83H132N20O23/c1-10-13-28-52(95-80(124)60(44-67(111)112)90-45-50-26-19-16-20-27-50)73(117)92-51(12-3)71(115)93-54(30-21-22-40-84)75(119)96-56(32-36-63(85)104)77(121)94-53(29-14-11-2)74(118)98-58(34-38-65(107)108)79(123)99-59(35-39-66(109)110)78(122)97-57(33-37-64(105)106)72(116)91-48(8)69(113)103-68(47(6)7)82(126)100-55(31-23-41-89-83(86)87)76(120)101-61(42-46(4)5)81(125)102-62(70(114)88-9)43-49-24-17-15-18-25-49/h15-20,24-27,46-48,51-62,68,90H,10-14,21-23,28-45,84H2,1-9H3,(H2,85,104)(H,88,114)(H,91,116)(H,92,117)(H,93,115)(H,94,121)(H,95,124)(H,96,119)(H,97,122)(H,98,118)(H,99,123)(H,100,126)(H,101,120)(H,102,125)(H,103,113)(H,105,106)(H,107,108)(H,109,110)(H,111,112)(H4,86,87,89)/t48-,51+,52-,53-,54-,55+,56-,57-,58-,59-,60-,61-,62-,68-/m0/s1. The molecule has 702 valence electrons. The largest absolute Gasteiger partial charge is 0.481 e. The van der Waals surface area contributed by atoms with E-state index in [1.165, 1.54) is 20.9 Å². The van der Waals surface area contributed by atoms with Crippen molar-refractivity contribution in [2.75, 3.05) is 20.1 Å². The van der Waals surface area contributed by atoms with Gasteiger partial charge in [-0.15, -0.1) is 0 Å². The van der Waals surface area contributed by atoms with Gasteiger partial charge in [-0.2, -0.15) is 0 Å². The number of nitrogens with one attached hydrogen (secondary N) is 17. The molecule has 0 heterocycles. The Bertz CT molecular complexity index is 3950. The number of hydrogen-bond donors (Lipinski definition) is 24. The first-order valence-corrected chi connectivity index (χ1v) is 42.5. The number of primary amides is 1. The summed E-state index contributed by atoms with van der Waals surface area (Å²) >= 11 is 0. The van der Waals surface area contributed by atoms with Crippen LogP contribution in [0.5, 0.6) is 0 Å². The molecule has 0 spiro atoms. The van der Waals surface area contributed by atoms with Crippen LogP contribution >= 0.6 is 0 Å². The number of likely N-dealkylation sites (N-methyl/N-ethyl adjacent to an activating group) is 1. The Morgan fingerprint density at radius 2 is 0.714 bits per heavy atom. The highest BCUT2D eigenvalue weighted by Gasteiger charge is 2.39. The molecular formula is C83H132N20O23. The van der Waals surface area contributed by atoms with Crippen LogP contribution in [0, 0.1) is 17.2 Å². The molecule has 2 rings (SSSR count). The van der Waals surface area contributed by atoms with E-state index in [0.29, 0.717) is 25.7 Å². The summed E-state index contributed by atoms with van der Waals surface area (Å²) in [4.78, 5) is 259. The predicted octanol–water partition coefficient (Wildman–Crippen LogP) is -2.32. The van der Waals surface area contributed by atoms with Crippen molar-refractivity contribution in [3.05, 3.63) is 71.8 Å². The molecule has 0 aromatic heterocycles. The molecule has 0 saturated heterocycles. The Labute approximate surface area is 732 Å². The topological polar surface area (TPSA) is 700 Å². The number of guanidine groups is 1. The summed E-state index contributed by atoms with van der Waals surface area (Å²) in [6.07, 6.45) is -4.53. The van der Waals surface area contributed by atoms with Gasteiger partial charge in [0, 0.05) is 52.2 Å². The Kier molecular flexibility index (Phi) is 51.7. The van der Waals surface area contributed by atoms with Crippen LogP contribution in [0.3, 0.4) is 0 Å². The fraction of sp³-hybridized carbons (Fsp3) is 0.614. The molecule has 2 aromatic carbocycles.